The number of H-pyrrole nitrogens is 1. The van der Waals surface area contributed by atoms with Crippen LogP contribution in [-0.4, -0.2) is 35.4 Å². The Morgan fingerprint density at radius 1 is 1.03 bits per heavy atom. The second-order valence-corrected chi connectivity index (χ2v) is 9.68. The van der Waals surface area contributed by atoms with E-state index in [2.05, 4.69) is 68.8 Å². The van der Waals surface area contributed by atoms with Crippen LogP contribution >= 0.6 is 0 Å². The number of alkyl halides is 2. The molecule has 1 N–H and O–H groups in total. The summed E-state index contributed by atoms with van der Waals surface area (Å²) in [6.45, 7) is 6.56. The molecule has 0 spiro atoms. The van der Waals surface area contributed by atoms with Gasteiger partial charge in [0.05, 0.1) is 6.54 Å². The SMILES string of the molecule is CCCCC(F)(F)c1nc(CCC(C)C)n(Cc2ccc(Cc3cccc(-c4nn[nH]n4)c3)cc2)n1. The number of benzene rings is 2. The van der Waals surface area contributed by atoms with Gasteiger partial charge in [-0.05, 0) is 53.2 Å². The molecule has 7 nitrogen and oxygen atoms in total. The van der Waals surface area contributed by atoms with Crippen LogP contribution in [0.3, 0.4) is 0 Å². The summed E-state index contributed by atoms with van der Waals surface area (Å²) in [7, 11) is 0. The molecule has 36 heavy (non-hydrogen) atoms. The van der Waals surface area contributed by atoms with Gasteiger partial charge in [-0.25, -0.2) is 9.67 Å². The van der Waals surface area contributed by atoms with Crippen molar-refractivity contribution in [1.82, 2.24) is 35.4 Å². The number of tetrazole rings is 1. The Kier molecular flexibility index (Phi) is 8.18. The van der Waals surface area contributed by atoms with E-state index in [-0.39, 0.29) is 12.2 Å². The van der Waals surface area contributed by atoms with Crippen molar-refractivity contribution in [2.24, 2.45) is 5.92 Å². The van der Waals surface area contributed by atoms with Crippen LogP contribution in [0.4, 0.5) is 8.78 Å². The van der Waals surface area contributed by atoms with E-state index in [1.165, 1.54) is 0 Å². The minimum absolute atomic E-state index is 0.222. The quantitative estimate of drug-likeness (QED) is 0.263. The van der Waals surface area contributed by atoms with E-state index in [0.29, 0.717) is 43.4 Å². The van der Waals surface area contributed by atoms with Crippen molar-refractivity contribution in [2.45, 2.75) is 71.8 Å². The number of hydrogen-bond acceptors (Lipinski definition) is 5. The lowest BCUT2D eigenvalue weighted by Gasteiger charge is -2.11. The number of aromatic nitrogens is 7. The van der Waals surface area contributed by atoms with Gasteiger partial charge in [0.2, 0.25) is 11.6 Å². The molecule has 2 aromatic carbocycles. The maximum atomic E-state index is 14.7. The molecule has 0 aliphatic heterocycles. The van der Waals surface area contributed by atoms with E-state index in [1.807, 2.05) is 31.2 Å². The summed E-state index contributed by atoms with van der Waals surface area (Å²) in [5, 5.41) is 18.4. The number of rotatable bonds is 12. The molecular weight excluding hydrogens is 460 g/mol. The summed E-state index contributed by atoms with van der Waals surface area (Å²) >= 11 is 0. The molecule has 4 aromatic rings. The van der Waals surface area contributed by atoms with E-state index in [1.54, 1.807) is 4.68 Å². The number of hydrogen-bond donors (Lipinski definition) is 1. The highest BCUT2D eigenvalue weighted by molar-refractivity contribution is 5.55. The first-order valence-electron chi connectivity index (χ1n) is 12.6. The third-order valence-electron chi connectivity index (χ3n) is 6.16. The molecule has 0 saturated heterocycles. The molecule has 0 radical (unpaired) electrons. The highest BCUT2D eigenvalue weighted by Gasteiger charge is 2.36. The lowest BCUT2D eigenvalue weighted by atomic mass is 10.0. The molecule has 0 fully saturated rings. The Morgan fingerprint density at radius 3 is 2.50 bits per heavy atom. The van der Waals surface area contributed by atoms with E-state index in [9.17, 15) is 8.78 Å². The van der Waals surface area contributed by atoms with Crippen molar-refractivity contribution in [3.63, 3.8) is 0 Å². The van der Waals surface area contributed by atoms with Crippen molar-refractivity contribution in [3.05, 3.63) is 76.9 Å². The highest BCUT2D eigenvalue weighted by atomic mass is 19.3. The third-order valence-corrected chi connectivity index (χ3v) is 6.16. The monoisotopic (exact) mass is 493 g/mol. The molecule has 9 heteroatoms. The van der Waals surface area contributed by atoms with E-state index >= 15 is 0 Å². The summed E-state index contributed by atoms with van der Waals surface area (Å²) in [5.74, 6) is -1.72. The van der Waals surface area contributed by atoms with Crippen LogP contribution in [0.25, 0.3) is 11.4 Å². The fourth-order valence-electron chi connectivity index (χ4n) is 4.04. The highest BCUT2D eigenvalue weighted by Crippen LogP contribution is 2.31. The van der Waals surface area contributed by atoms with Crippen LogP contribution in [-0.2, 0) is 25.3 Å². The maximum absolute atomic E-state index is 14.7. The zero-order valence-corrected chi connectivity index (χ0v) is 21.1. The Hall–Kier alpha value is -3.49. The van der Waals surface area contributed by atoms with E-state index in [0.717, 1.165) is 35.1 Å². The predicted octanol–water partition coefficient (Wildman–Crippen LogP) is 5.97. The summed E-state index contributed by atoms with van der Waals surface area (Å²) in [4.78, 5) is 4.29. The predicted molar refractivity (Wildman–Crippen MR) is 135 cm³/mol. The molecule has 0 aliphatic rings. The summed E-state index contributed by atoms with van der Waals surface area (Å²) in [5.41, 5.74) is 4.19. The van der Waals surface area contributed by atoms with Crippen LogP contribution in [0.1, 0.15) is 74.8 Å². The first-order valence-corrected chi connectivity index (χ1v) is 12.6. The summed E-state index contributed by atoms with van der Waals surface area (Å²) in [6.07, 6.45) is 3.19. The second kappa shape index (κ2) is 11.5. The number of nitrogens with one attached hydrogen (secondary N) is 1. The van der Waals surface area contributed by atoms with Crippen LogP contribution in [0.2, 0.25) is 0 Å². The van der Waals surface area contributed by atoms with Gasteiger partial charge in [-0.15, -0.1) is 15.3 Å². The molecule has 0 bridgehead atoms. The Labute approximate surface area is 210 Å². The van der Waals surface area contributed by atoms with Gasteiger partial charge < -0.3 is 0 Å². The number of nitrogens with zero attached hydrogens (tertiary/aromatic N) is 6. The van der Waals surface area contributed by atoms with Gasteiger partial charge in [0.15, 0.2) is 0 Å². The normalized spacial score (nSPS) is 11.9. The second-order valence-electron chi connectivity index (χ2n) is 9.68. The van der Waals surface area contributed by atoms with Crippen molar-refractivity contribution < 1.29 is 8.78 Å². The zero-order valence-electron chi connectivity index (χ0n) is 21.1. The number of unbranched alkanes of at least 4 members (excludes halogenated alkanes) is 1. The zero-order chi connectivity index (χ0) is 25.5. The van der Waals surface area contributed by atoms with Gasteiger partial charge in [0, 0.05) is 18.4 Å². The number of halogens is 2. The van der Waals surface area contributed by atoms with Gasteiger partial charge in [-0.2, -0.15) is 14.0 Å². The Bertz CT molecular complexity index is 1230. The van der Waals surface area contributed by atoms with Crippen molar-refractivity contribution in [3.8, 4) is 11.4 Å². The summed E-state index contributed by atoms with van der Waals surface area (Å²) in [6, 6.07) is 16.2. The summed E-state index contributed by atoms with van der Waals surface area (Å²) < 4.78 is 31.1. The van der Waals surface area contributed by atoms with Crippen molar-refractivity contribution in [1.29, 1.82) is 0 Å². The largest absolute Gasteiger partial charge is 0.308 e. The van der Waals surface area contributed by atoms with Crippen LogP contribution in [0.15, 0.2) is 48.5 Å². The van der Waals surface area contributed by atoms with Gasteiger partial charge in [-0.1, -0.05) is 69.7 Å². The average molecular weight is 494 g/mol. The molecule has 0 aliphatic carbocycles. The van der Waals surface area contributed by atoms with Gasteiger partial charge >= 0.3 is 5.92 Å². The minimum atomic E-state index is -3.01. The van der Waals surface area contributed by atoms with Crippen molar-refractivity contribution in [2.75, 3.05) is 0 Å². The molecule has 0 amide bonds. The fraction of sp³-hybridized carbons (Fsp3) is 0.444. The lowest BCUT2D eigenvalue weighted by molar-refractivity contribution is -0.0245. The van der Waals surface area contributed by atoms with E-state index in [4.69, 9.17) is 0 Å². The number of aryl methyl sites for hydroxylation is 1. The maximum Gasteiger partial charge on any atom is 0.308 e. The molecule has 4 rings (SSSR count). The first kappa shape index (κ1) is 25.6. The molecule has 0 unspecified atom stereocenters. The lowest BCUT2D eigenvalue weighted by Crippen LogP contribution is -2.16. The standard InChI is InChI=1S/C27H33F2N7/c1-4-5-15-27(28,29)26-30-24(14-9-19(2)3)36(33-26)18-21-12-10-20(11-13-21)16-22-7-6-8-23(17-22)25-31-34-35-32-25/h6-8,10-13,17,19H,4-5,9,14-16,18H2,1-3H3,(H,31,32,34,35). The van der Waals surface area contributed by atoms with Gasteiger partial charge in [0.25, 0.3) is 0 Å². The average Bonchev–Trinajstić information content (AvgIpc) is 3.54. The Balaban J connectivity index is 1.48. The van der Waals surface area contributed by atoms with Gasteiger partial charge in [-0.3, -0.25) is 0 Å². The minimum Gasteiger partial charge on any atom is -0.245 e. The van der Waals surface area contributed by atoms with Crippen molar-refractivity contribution >= 4 is 0 Å². The molecule has 0 saturated carbocycles. The van der Waals surface area contributed by atoms with Gasteiger partial charge in [0.1, 0.15) is 5.82 Å². The number of aromatic amines is 1. The van der Waals surface area contributed by atoms with Crippen LogP contribution in [0, 0.1) is 5.92 Å². The molecular formula is C27H33F2N7. The fourth-order valence-corrected chi connectivity index (χ4v) is 4.04. The third kappa shape index (κ3) is 6.59. The van der Waals surface area contributed by atoms with Crippen LogP contribution in [0.5, 0.6) is 0 Å². The smallest absolute Gasteiger partial charge is 0.245 e. The molecule has 2 aromatic heterocycles. The Morgan fingerprint density at radius 2 is 1.81 bits per heavy atom. The van der Waals surface area contributed by atoms with Crippen LogP contribution < -0.4 is 0 Å². The van der Waals surface area contributed by atoms with E-state index < -0.39 is 5.92 Å². The molecule has 2 heterocycles. The topological polar surface area (TPSA) is 85.2 Å². The first-order chi connectivity index (χ1) is 17.3. The molecule has 0 atom stereocenters. The molecule has 190 valence electrons.